The molecule has 4 nitrogen and oxygen atoms in total. The monoisotopic (exact) mass is 315 g/mol. The molecule has 2 unspecified atom stereocenters. The van der Waals surface area contributed by atoms with Crippen LogP contribution in [-0.4, -0.2) is 22.0 Å². The van der Waals surface area contributed by atoms with Gasteiger partial charge in [-0.25, -0.2) is 18.7 Å². The second-order valence-electron chi connectivity index (χ2n) is 3.57. The molecule has 1 amide bonds. The van der Waals surface area contributed by atoms with Crippen molar-refractivity contribution in [1.82, 2.24) is 9.97 Å². The number of alkyl halides is 1. The molecule has 2 rings (SSSR count). The van der Waals surface area contributed by atoms with Gasteiger partial charge in [0.05, 0.1) is 12.4 Å². The summed E-state index contributed by atoms with van der Waals surface area (Å²) < 4.78 is 27.3. The summed E-state index contributed by atoms with van der Waals surface area (Å²) in [7, 11) is 0. The maximum Gasteiger partial charge on any atom is 0.238 e. The molecule has 0 saturated carbocycles. The van der Waals surface area contributed by atoms with E-state index in [1.807, 2.05) is 0 Å². The first kappa shape index (κ1) is 12.8. The molecule has 7 heteroatoms. The maximum absolute atomic E-state index is 13.4. The highest BCUT2D eigenvalue weighted by Gasteiger charge is 2.32. The third-order valence-corrected chi connectivity index (χ3v) is 2.73. The van der Waals surface area contributed by atoms with E-state index < -0.39 is 23.8 Å². The van der Waals surface area contributed by atoms with E-state index in [-0.39, 0.29) is 5.82 Å². The van der Waals surface area contributed by atoms with Crippen LogP contribution >= 0.6 is 15.9 Å². The normalized spacial score (nSPS) is 22.5. The third-order valence-electron chi connectivity index (χ3n) is 2.32. The number of carbonyl (C=O) groups excluding carboxylic acids is 1. The predicted octanol–water partition coefficient (Wildman–Crippen LogP) is 2.56. The molecule has 18 heavy (non-hydrogen) atoms. The lowest BCUT2D eigenvalue weighted by Gasteiger charge is -2.18. The van der Waals surface area contributed by atoms with Gasteiger partial charge in [0.1, 0.15) is 22.5 Å². The minimum Gasteiger partial charge on any atom is -0.309 e. The first-order chi connectivity index (χ1) is 8.58. The number of halogens is 3. The molecule has 0 aromatic carbocycles. The molecule has 0 spiro atoms. The number of allylic oxidation sites excluding steroid dienone is 3. The molecular formula is C11H8BrF2N3O. The molecule has 94 valence electrons. The summed E-state index contributed by atoms with van der Waals surface area (Å²) >= 11 is 3.08. The summed E-state index contributed by atoms with van der Waals surface area (Å²) in [6, 6.07) is 0. The predicted molar refractivity (Wildman–Crippen MR) is 65.1 cm³/mol. The molecule has 0 bridgehead atoms. The van der Waals surface area contributed by atoms with Gasteiger partial charge in [-0.05, 0) is 28.1 Å². The van der Waals surface area contributed by atoms with Gasteiger partial charge in [0, 0.05) is 0 Å². The van der Waals surface area contributed by atoms with Crippen LogP contribution in [0.25, 0.3) is 0 Å². The van der Waals surface area contributed by atoms with Crippen molar-refractivity contribution < 1.29 is 13.6 Å². The minimum absolute atomic E-state index is 0.137. The number of amides is 1. The summed E-state index contributed by atoms with van der Waals surface area (Å²) in [5, 5.41) is 2.31. The van der Waals surface area contributed by atoms with E-state index in [0.717, 1.165) is 12.2 Å². The highest BCUT2D eigenvalue weighted by atomic mass is 79.9. The molecule has 1 N–H and O–H groups in total. The number of nitrogens with zero attached hydrogens (tertiary/aromatic N) is 2. The fraction of sp³-hybridized carbons (Fsp3) is 0.182. The second kappa shape index (κ2) is 5.34. The lowest BCUT2D eigenvalue weighted by molar-refractivity contribution is -0.120. The van der Waals surface area contributed by atoms with E-state index in [9.17, 15) is 13.6 Å². The summed E-state index contributed by atoms with van der Waals surface area (Å²) in [4.78, 5) is 19.4. The summed E-state index contributed by atoms with van der Waals surface area (Å²) in [5.41, 5.74) is 0. The van der Waals surface area contributed by atoms with Gasteiger partial charge in [-0.15, -0.1) is 0 Å². The summed E-state index contributed by atoms with van der Waals surface area (Å²) in [5.74, 6) is -2.94. The molecule has 2 atom stereocenters. The van der Waals surface area contributed by atoms with Crippen molar-refractivity contribution in [1.29, 1.82) is 0 Å². The molecule has 0 radical (unpaired) electrons. The van der Waals surface area contributed by atoms with Crippen LogP contribution in [0.3, 0.4) is 0 Å². The van der Waals surface area contributed by atoms with Gasteiger partial charge in [0.15, 0.2) is 5.82 Å². The number of aromatic nitrogens is 2. The van der Waals surface area contributed by atoms with Crippen molar-refractivity contribution in [3.63, 3.8) is 0 Å². The van der Waals surface area contributed by atoms with Crippen molar-refractivity contribution >= 4 is 27.7 Å². The number of hydrogen-bond acceptors (Lipinski definition) is 3. The van der Waals surface area contributed by atoms with Gasteiger partial charge in [-0.2, -0.15) is 0 Å². The van der Waals surface area contributed by atoms with Crippen molar-refractivity contribution in [3.8, 4) is 0 Å². The third kappa shape index (κ3) is 2.79. The minimum atomic E-state index is -1.68. The quantitative estimate of drug-likeness (QED) is 0.912. The Labute approximate surface area is 110 Å². The zero-order chi connectivity index (χ0) is 13.1. The van der Waals surface area contributed by atoms with E-state index >= 15 is 0 Å². The van der Waals surface area contributed by atoms with E-state index in [1.165, 1.54) is 18.5 Å². The Balaban J connectivity index is 2.10. The van der Waals surface area contributed by atoms with Crippen LogP contribution in [0.15, 0.2) is 41.1 Å². The Bertz CT molecular complexity index is 516. The molecule has 0 saturated heterocycles. The van der Waals surface area contributed by atoms with Crippen LogP contribution in [0.5, 0.6) is 0 Å². The van der Waals surface area contributed by atoms with Crippen LogP contribution in [0, 0.1) is 5.92 Å². The molecule has 1 aliphatic rings. The SMILES string of the molecule is O=C(Nc1cnc(Br)cn1)C1C(F)=CC=CC1F. The fourth-order valence-electron chi connectivity index (χ4n) is 1.47. The lowest BCUT2D eigenvalue weighted by Crippen LogP contribution is -2.31. The Hall–Kier alpha value is -1.63. The van der Waals surface area contributed by atoms with Gasteiger partial charge >= 0.3 is 0 Å². The molecule has 1 heterocycles. The van der Waals surface area contributed by atoms with Crippen molar-refractivity contribution in [3.05, 3.63) is 41.1 Å². The van der Waals surface area contributed by atoms with E-state index in [2.05, 4.69) is 31.2 Å². The molecular weight excluding hydrogens is 308 g/mol. The molecule has 1 aliphatic carbocycles. The van der Waals surface area contributed by atoms with Crippen LogP contribution in [0.2, 0.25) is 0 Å². The number of carbonyl (C=O) groups is 1. The van der Waals surface area contributed by atoms with Crippen LogP contribution < -0.4 is 5.32 Å². The highest BCUT2D eigenvalue weighted by molar-refractivity contribution is 9.10. The van der Waals surface area contributed by atoms with Gasteiger partial charge in [0.25, 0.3) is 0 Å². The topological polar surface area (TPSA) is 54.9 Å². The first-order valence-electron chi connectivity index (χ1n) is 5.04. The van der Waals surface area contributed by atoms with Gasteiger partial charge in [0.2, 0.25) is 5.91 Å². The lowest BCUT2D eigenvalue weighted by atomic mass is 9.96. The average molecular weight is 316 g/mol. The zero-order valence-corrected chi connectivity index (χ0v) is 10.6. The van der Waals surface area contributed by atoms with Gasteiger partial charge < -0.3 is 5.32 Å². The molecule has 1 aromatic heterocycles. The summed E-state index contributed by atoms with van der Waals surface area (Å²) in [6.45, 7) is 0. The standard InChI is InChI=1S/C11H8BrF2N3O/c12-8-4-16-9(5-15-8)17-11(18)10-6(13)2-1-3-7(10)14/h1-6,10H,(H,16,17,18). The Morgan fingerprint density at radius 3 is 2.78 bits per heavy atom. The number of hydrogen-bond donors (Lipinski definition) is 1. The Kier molecular flexibility index (Phi) is 3.81. The molecule has 0 aliphatic heterocycles. The van der Waals surface area contributed by atoms with Gasteiger partial charge in [-0.1, -0.05) is 6.08 Å². The van der Waals surface area contributed by atoms with Crippen molar-refractivity contribution in [2.75, 3.05) is 5.32 Å². The van der Waals surface area contributed by atoms with Crippen molar-refractivity contribution in [2.45, 2.75) is 6.17 Å². The fourth-order valence-corrected chi connectivity index (χ4v) is 1.68. The molecule has 0 fully saturated rings. The number of nitrogens with one attached hydrogen (secondary N) is 1. The maximum atomic E-state index is 13.4. The zero-order valence-electron chi connectivity index (χ0n) is 8.98. The van der Waals surface area contributed by atoms with Crippen molar-refractivity contribution in [2.24, 2.45) is 5.92 Å². The number of rotatable bonds is 2. The number of anilines is 1. The van der Waals surface area contributed by atoms with E-state index in [1.54, 1.807) is 0 Å². The first-order valence-corrected chi connectivity index (χ1v) is 5.83. The van der Waals surface area contributed by atoms with Crippen LogP contribution in [0.4, 0.5) is 14.6 Å². The smallest absolute Gasteiger partial charge is 0.238 e. The second-order valence-corrected chi connectivity index (χ2v) is 4.38. The van der Waals surface area contributed by atoms with Crippen LogP contribution in [-0.2, 0) is 4.79 Å². The Morgan fingerprint density at radius 1 is 1.39 bits per heavy atom. The molecule has 1 aromatic rings. The van der Waals surface area contributed by atoms with E-state index in [0.29, 0.717) is 4.60 Å². The van der Waals surface area contributed by atoms with E-state index in [4.69, 9.17) is 0 Å². The summed E-state index contributed by atoms with van der Waals surface area (Å²) in [6.07, 6.45) is 4.40. The van der Waals surface area contributed by atoms with Crippen LogP contribution in [0.1, 0.15) is 0 Å². The van der Waals surface area contributed by atoms with Gasteiger partial charge in [-0.3, -0.25) is 4.79 Å². The highest BCUT2D eigenvalue weighted by Crippen LogP contribution is 2.25. The Morgan fingerprint density at radius 2 is 2.17 bits per heavy atom. The average Bonchev–Trinajstić information content (AvgIpc) is 2.32. The largest absolute Gasteiger partial charge is 0.309 e.